The number of carbonyl (C=O) groups is 3. The van der Waals surface area contributed by atoms with E-state index in [1.54, 1.807) is 6.07 Å². The molecule has 2 rings (SSSR count). The molecule has 0 bridgehead atoms. The van der Waals surface area contributed by atoms with Gasteiger partial charge in [-0.05, 0) is 57.1 Å². The van der Waals surface area contributed by atoms with Gasteiger partial charge in [0.05, 0.1) is 0 Å². The van der Waals surface area contributed by atoms with Crippen LogP contribution in [-0.2, 0) is 16.0 Å². The minimum Gasteiger partial charge on any atom is -0.478 e. The molecule has 0 saturated carbocycles. The average Bonchev–Trinajstić information content (AvgIpc) is 2.69. The van der Waals surface area contributed by atoms with Crippen LogP contribution in [0, 0.1) is 5.92 Å². The van der Waals surface area contributed by atoms with Gasteiger partial charge in [0, 0.05) is 36.3 Å². The van der Waals surface area contributed by atoms with Gasteiger partial charge in [0.2, 0.25) is 0 Å². The molecule has 0 aliphatic carbocycles. The lowest BCUT2D eigenvalue weighted by Crippen LogP contribution is -2.31. The van der Waals surface area contributed by atoms with Crippen LogP contribution in [0.2, 0.25) is 5.02 Å². The molecule has 1 heterocycles. The van der Waals surface area contributed by atoms with Crippen molar-refractivity contribution in [2.45, 2.75) is 12.8 Å². The van der Waals surface area contributed by atoms with Gasteiger partial charge in [0.15, 0.2) is 0 Å². The standard InChI is InChI=1S/C15H21ClN2O.C4H4O4/c1-17(2)7-6-11-8-12-4-5-13(16)9-14(12)15(19)18(3)10-11;5-3(6)1-2-4(7)8/h4-5,9,11H,6-8,10H2,1-3H3;1-2H,(H,5,6)(H,7,8). The first-order chi connectivity index (χ1) is 12.6. The number of hydrogen-bond acceptors (Lipinski definition) is 4. The van der Waals surface area contributed by atoms with Crippen LogP contribution >= 0.6 is 11.6 Å². The molecule has 1 aliphatic rings. The van der Waals surface area contributed by atoms with Gasteiger partial charge in [-0.15, -0.1) is 0 Å². The van der Waals surface area contributed by atoms with Gasteiger partial charge >= 0.3 is 11.9 Å². The first kappa shape index (κ1) is 22.7. The van der Waals surface area contributed by atoms with Crippen LogP contribution in [0.25, 0.3) is 0 Å². The molecule has 8 heteroatoms. The first-order valence-corrected chi connectivity index (χ1v) is 8.80. The molecule has 1 unspecified atom stereocenters. The van der Waals surface area contributed by atoms with Crippen LogP contribution in [0.4, 0.5) is 0 Å². The number of rotatable bonds is 5. The van der Waals surface area contributed by atoms with Crippen molar-refractivity contribution in [1.29, 1.82) is 0 Å². The molecule has 0 fully saturated rings. The predicted molar refractivity (Wildman–Crippen MR) is 103 cm³/mol. The largest absolute Gasteiger partial charge is 0.478 e. The van der Waals surface area contributed by atoms with Crippen molar-refractivity contribution >= 4 is 29.4 Å². The number of fused-ring (bicyclic) bond motifs is 1. The number of hydrogen-bond donors (Lipinski definition) is 2. The maximum atomic E-state index is 12.3. The predicted octanol–water partition coefficient (Wildman–Crippen LogP) is 2.25. The Hall–Kier alpha value is -2.38. The van der Waals surface area contributed by atoms with Gasteiger partial charge in [-0.1, -0.05) is 17.7 Å². The Balaban J connectivity index is 0.000000387. The molecule has 148 valence electrons. The lowest BCUT2D eigenvalue weighted by Gasteiger charge is -2.21. The van der Waals surface area contributed by atoms with Crippen molar-refractivity contribution in [2.75, 3.05) is 34.2 Å². The summed E-state index contributed by atoms with van der Waals surface area (Å²) in [5, 5.41) is 16.3. The highest BCUT2D eigenvalue weighted by atomic mass is 35.5. The van der Waals surface area contributed by atoms with E-state index in [9.17, 15) is 14.4 Å². The Labute approximate surface area is 163 Å². The number of aliphatic carboxylic acids is 2. The van der Waals surface area contributed by atoms with Crippen LogP contribution < -0.4 is 0 Å². The molecular formula is C19H25ClN2O5. The number of carboxylic acid groups (broad SMARTS) is 2. The maximum Gasteiger partial charge on any atom is 0.328 e. The molecule has 0 aromatic heterocycles. The normalized spacial score (nSPS) is 16.6. The second-order valence-corrected chi connectivity index (χ2v) is 7.10. The summed E-state index contributed by atoms with van der Waals surface area (Å²) in [6.45, 7) is 1.87. The van der Waals surface area contributed by atoms with E-state index >= 15 is 0 Å². The topological polar surface area (TPSA) is 98.2 Å². The molecule has 1 atom stereocenters. The van der Waals surface area contributed by atoms with Crippen molar-refractivity contribution in [3.05, 3.63) is 46.5 Å². The van der Waals surface area contributed by atoms with Crippen molar-refractivity contribution < 1.29 is 24.6 Å². The number of carbonyl (C=O) groups excluding carboxylic acids is 1. The summed E-state index contributed by atoms with van der Waals surface area (Å²) in [6, 6.07) is 5.67. The molecule has 27 heavy (non-hydrogen) atoms. The molecule has 0 radical (unpaired) electrons. The lowest BCUT2D eigenvalue weighted by molar-refractivity contribution is -0.134. The highest BCUT2D eigenvalue weighted by Crippen LogP contribution is 2.25. The van der Waals surface area contributed by atoms with Crippen molar-refractivity contribution in [1.82, 2.24) is 9.80 Å². The summed E-state index contributed by atoms with van der Waals surface area (Å²) in [7, 11) is 6.04. The average molecular weight is 397 g/mol. The van der Waals surface area contributed by atoms with Gasteiger partial charge in [-0.25, -0.2) is 9.59 Å². The maximum absolute atomic E-state index is 12.3. The number of halogens is 1. The number of amides is 1. The third-order valence-corrected chi connectivity index (χ3v) is 4.28. The van der Waals surface area contributed by atoms with Gasteiger partial charge in [-0.3, -0.25) is 4.79 Å². The van der Waals surface area contributed by atoms with Crippen LogP contribution in [0.3, 0.4) is 0 Å². The van der Waals surface area contributed by atoms with E-state index in [0.29, 0.717) is 23.1 Å². The summed E-state index contributed by atoms with van der Waals surface area (Å²) >= 11 is 6.00. The third-order valence-electron chi connectivity index (χ3n) is 4.04. The first-order valence-electron chi connectivity index (χ1n) is 8.42. The lowest BCUT2D eigenvalue weighted by atomic mass is 9.94. The zero-order chi connectivity index (χ0) is 20.6. The van der Waals surface area contributed by atoms with Crippen LogP contribution in [0.5, 0.6) is 0 Å². The van der Waals surface area contributed by atoms with Crippen molar-refractivity contribution in [3.63, 3.8) is 0 Å². The summed E-state index contributed by atoms with van der Waals surface area (Å²) in [5.41, 5.74) is 1.89. The second kappa shape index (κ2) is 10.7. The van der Waals surface area contributed by atoms with Gasteiger partial charge in [0.25, 0.3) is 5.91 Å². The van der Waals surface area contributed by atoms with Crippen LogP contribution in [0.1, 0.15) is 22.3 Å². The van der Waals surface area contributed by atoms with E-state index < -0.39 is 11.9 Å². The van der Waals surface area contributed by atoms with E-state index in [0.717, 1.165) is 37.1 Å². The SMILES string of the molecule is CN(C)CCC1Cc2ccc(Cl)cc2C(=O)N(C)C1.O=C(O)C=CC(=O)O. The van der Waals surface area contributed by atoms with Gasteiger partial charge in [0.1, 0.15) is 0 Å². The quantitative estimate of drug-likeness (QED) is 0.741. The summed E-state index contributed by atoms with van der Waals surface area (Å²) in [4.78, 5) is 35.4. The second-order valence-electron chi connectivity index (χ2n) is 6.66. The minimum absolute atomic E-state index is 0.0878. The minimum atomic E-state index is -1.26. The van der Waals surface area contributed by atoms with E-state index in [1.807, 2.05) is 24.1 Å². The molecule has 0 saturated heterocycles. The molecule has 1 aliphatic heterocycles. The molecule has 0 spiro atoms. The highest BCUT2D eigenvalue weighted by molar-refractivity contribution is 6.31. The smallest absolute Gasteiger partial charge is 0.328 e. The zero-order valence-electron chi connectivity index (χ0n) is 15.7. The molecule has 2 N–H and O–H groups in total. The Bertz CT molecular complexity index is 702. The van der Waals surface area contributed by atoms with Crippen LogP contribution in [0.15, 0.2) is 30.4 Å². The van der Waals surface area contributed by atoms with Crippen LogP contribution in [-0.4, -0.2) is 72.1 Å². The number of nitrogens with zero attached hydrogens (tertiary/aromatic N) is 2. The zero-order valence-corrected chi connectivity index (χ0v) is 16.4. The summed E-state index contributed by atoms with van der Waals surface area (Å²) < 4.78 is 0. The number of benzene rings is 1. The van der Waals surface area contributed by atoms with E-state index in [4.69, 9.17) is 21.8 Å². The Morgan fingerprint density at radius 1 is 1.26 bits per heavy atom. The Morgan fingerprint density at radius 2 is 1.85 bits per heavy atom. The molecule has 1 amide bonds. The Morgan fingerprint density at radius 3 is 2.37 bits per heavy atom. The Kier molecular flexibility index (Phi) is 8.97. The monoisotopic (exact) mass is 396 g/mol. The fourth-order valence-corrected chi connectivity index (χ4v) is 2.93. The summed E-state index contributed by atoms with van der Waals surface area (Å²) in [5.74, 6) is -1.91. The fourth-order valence-electron chi connectivity index (χ4n) is 2.75. The third kappa shape index (κ3) is 8.23. The van der Waals surface area contributed by atoms with Crippen molar-refractivity contribution in [2.24, 2.45) is 5.92 Å². The highest BCUT2D eigenvalue weighted by Gasteiger charge is 2.25. The van der Waals surface area contributed by atoms with Gasteiger partial charge in [-0.2, -0.15) is 0 Å². The van der Waals surface area contributed by atoms with E-state index in [1.165, 1.54) is 0 Å². The van der Waals surface area contributed by atoms with Crippen molar-refractivity contribution in [3.8, 4) is 0 Å². The van der Waals surface area contributed by atoms with Gasteiger partial charge < -0.3 is 20.0 Å². The molecule has 1 aromatic carbocycles. The molecule has 7 nitrogen and oxygen atoms in total. The van der Waals surface area contributed by atoms with E-state index in [-0.39, 0.29) is 5.91 Å². The van der Waals surface area contributed by atoms with E-state index in [2.05, 4.69) is 19.0 Å². The summed E-state index contributed by atoms with van der Waals surface area (Å²) in [6.07, 6.45) is 3.17. The fraction of sp³-hybridized carbons (Fsp3) is 0.421. The number of carboxylic acids is 2. The molecule has 1 aromatic rings. The molecular weight excluding hydrogens is 372 g/mol.